The van der Waals surface area contributed by atoms with E-state index in [1.807, 2.05) is 0 Å². The van der Waals surface area contributed by atoms with Crippen LogP contribution in [0.4, 0.5) is 0 Å². The Balaban J connectivity index is 2.92. The third-order valence-electron chi connectivity index (χ3n) is 4.49. The molecule has 0 fully saturated rings. The van der Waals surface area contributed by atoms with E-state index in [1.165, 1.54) is 103 Å². The summed E-state index contributed by atoms with van der Waals surface area (Å²) in [5.41, 5.74) is 11.0. The molecule has 0 spiro atoms. The molecule has 0 amide bonds. The van der Waals surface area contributed by atoms with Crippen molar-refractivity contribution in [3.63, 3.8) is 0 Å². The molecule has 0 aliphatic rings. The Bertz CT molecular complexity index is 180. The van der Waals surface area contributed by atoms with Gasteiger partial charge in [0.1, 0.15) is 0 Å². The summed E-state index contributed by atoms with van der Waals surface area (Å²) in [5, 5.41) is 0. The molecular formula is C20H44N2O. The van der Waals surface area contributed by atoms with Gasteiger partial charge in [0.2, 0.25) is 0 Å². The van der Waals surface area contributed by atoms with E-state index in [2.05, 4.69) is 0 Å². The lowest BCUT2D eigenvalue weighted by molar-refractivity contribution is 0.125. The molecule has 0 aliphatic heterocycles. The van der Waals surface area contributed by atoms with Crippen LogP contribution in [0.3, 0.4) is 0 Å². The van der Waals surface area contributed by atoms with Crippen LogP contribution in [0.25, 0.3) is 0 Å². The summed E-state index contributed by atoms with van der Waals surface area (Å²) in [6.45, 7) is 3.64. The van der Waals surface area contributed by atoms with E-state index in [0.29, 0.717) is 0 Å². The summed E-state index contributed by atoms with van der Waals surface area (Å²) in [6, 6.07) is 0. The van der Waals surface area contributed by atoms with E-state index in [9.17, 15) is 0 Å². The average molecular weight is 329 g/mol. The number of hydrogen-bond donors (Lipinski definition) is 2. The first-order chi connectivity index (χ1) is 11.4. The molecule has 0 saturated carbocycles. The summed E-state index contributed by atoms with van der Waals surface area (Å²) < 4.78 is 5.73. The predicted octanol–water partition coefficient (Wildman–Crippen LogP) is 5.16. The Morgan fingerprint density at radius 1 is 0.348 bits per heavy atom. The molecule has 23 heavy (non-hydrogen) atoms. The van der Waals surface area contributed by atoms with Crippen LogP contribution in [0.15, 0.2) is 0 Å². The summed E-state index contributed by atoms with van der Waals surface area (Å²) in [5.74, 6) is 0. The Labute approximate surface area is 145 Å². The van der Waals surface area contributed by atoms with Crippen molar-refractivity contribution in [2.24, 2.45) is 11.5 Å². The first kappa shape index (κ1) is 22.9. The largest absolute Gasteiger partial charge is 0.381 e. The maximum atomic E-state index is 5.73. The predicted molar refractivity (Wildman–Crippen MR) is 103 cm³/mol. The molecule has 0 rings (SSSR count). The number of hydrogen-bond acceptors (Lipinski definition) is 3. The van der Waals surface area contributed by atoms with E-state index < -0.39 is 0 Å². The van der Waals surface area contributed by atoms with Gasteiger partial charge in [-0.1, -0.05) is 77.0 Å². The fraction of sp³-hybridized carbons (Fsp3) is 1.00. The maximum Gasteiger partial charge on any atom is 0.0466 e. The number of unbranched alkanes of at least 4 members (excludes halogenated alkanes) is 14. The van der Waals surface area contributed by atoms with E-state index >= 15 is 0 Å². The second-order valence-electron chi connectivity index (χ2n) is 6.85. The normalized spacial score (nSPS) is 11.2. The molecule has 140 valence electrons. The molecule has 4 N–H and O–H groups in total. The van der Waals surface area contributed by atoms with Gasteiger partial charge < -0.3 is 16.2 Å². The molecule has 0 aliphatic carbocycles. The fourth-order valence-electron chi connectivity index (χ4n) is 2.92. The van der Waals surface area contributed by atoms with Gasteiger partial charge in [-0.3, -0.25) is 0 Å². The zero-order valence-corrected chi connectivity index (χ0v) is 15.7. The molecule has 0 aromatic heterocycles. The lowest BCUT2D eigenvalue weighted by Crippen LogP contribution is -1.98. The third-order valence-corrected chi connectivity index (χ3v) is 4.49. The highest BCUT2D eigenvalue weighted by molar-refractivity contribution is 4.49. The van der Waals surface area contributed by atoms with E-state index in [0.717, 1.165) is 26.3 Å². The van der Waals surface area contributed by atoms with Crippen molar-refractivity contribution in [3.05, 3.63) is 0 Å². The minimum atomic E-state index is 0.853. The standard InChI is InChI=1S/C20H44N2O/c21-17-13-9-5-1-3-7-11-15-19-23-20-16-12-8-4-2-6-10-14-18-22/h1-22H2. The molecule has 0 saturated heterocycles. The number of nitrogens with two attached hydrogens (primary N) is 2. The van der Waals surface area contributed by atoms with Crippen LogP contribution in [-0.4, -0.2) is 26.3 Å². The molecule has 3 nitrogen and oxygen atoms in total. The molecule has 0 aromatic rings. The third kappa shape index (κ3) is 21.9. The van der Waals surface area contributed by atoms with Crippen LogP contribution in [0.5, 0.6) is 0 Å². The van der Waals surface area contributed by atoms with Crippen LogP contribution in [0.1, 0.15) is 103 Å². The molecule has 0 bridgehead atoms. The second-order valence-corrected chi connectivity index (χ2v) is 6.85. The molecule has 0 unspecified atom stereocenters. The maximum absolute atomic E-state index is 5.73. The zero-order valence-electron chi connectivity index (χ0n) is 15.7. The van der Waals surface area contributed by atoms with Gasteiger partial charge in [-0.15, -0.1) is 0 Å². The van der Waals surface area contributed by atoms with Crippen LogP contribution in [0, 0.1) is 0 Å². The Kier molecular flexibility index (Phi) is 21.8. The van der Waals surface area contributed by atoms with Crippen molar-refractivity contribution >= 4 is 0 Å². The van der Waals surface area contributed by atoms with Crippen molar-refractivity contribution < 1.29 is 4.74 Å². The minimum absolute atomic E-state index is 0.853. The van der Waals surface area contributed by atoms with Crippen LogP contribution < -0.4 is 11.5 Å². The van der Waals surface area contributed by atoms with Crippen molar-refractivity contribution in [1.29, 1.82) is 0 Å². The van der Waals surface area contributed by atoms with Gasteiger partial charge in [0.05, 0.1) is 0 Å². The summed E-state index contributed by atoms with van der Waals surface area (Å²) >= 11 is 0. The van der Waals surface area contributed by atoms with Gasteiger partial charge in [0, 0.05) is 13.2 Å². The monoisotopic (exact) mass is 328 g/mol. The highest BCUT2D eigenvalue weighted by atomic mass is 16.5. The number of rotatable bonds is 20. The molecule has 0 aromatic carbocycles. The fourth-order valence-corrected chi connectivity index (χ4v) is 2.92. The van der Waals surface area contributed by atoms with Crippen molar-refractivity contribution in [3.8, 4) is 0 Å². The Morgan fingerprint density at radius 3 is 0.913 bits per heavy atom. The zero-order chi connectivity index (χ0) is 16.8. The summed E-state index contributed by atoms with van der Waals surface area (Å²) in [7, 11) is 0. The van der Waals surface area contributed by atoms with Gasteiger partial charge in [-0.25, -0.2) is 0 Å². The molecule has 0 atom stereocenters. The lowest BCUT2D eigenvalue weighted by Gasteiger charge is -2.05. The van der Waals surface area contributed by atoms with E-state index in [1.54, 1.807) is 0 Å². The van der Waals surface area contributed by atoms with Gasteiger partial charge in [-0.2, -0.15) is 0 Å². The van der Waals surface area contributed by atoms with Crippen LogP contribution >= 0.6 is 0 Å². The summed E-state index contributed by atoms with van der Waals surface area (Å²) in [6.07, 6.45) is 21.2. The topological polar surface area (TPSA) is 61.3 Å². The van der Waals surface area contributed by atoms with E-state index in [-0.39, 0.29) is 0 Å². The molecule has 0 heterocycles. The first-order valence-corrected chi connectivity index (χ1v) is 10.4. The van der Waals surface area contributed by atoms with Crippen molar-refractivity contribution in [2.75, 3.05) is 26.3 Å². The summed E-state index contributed by atoms with van der Waals surface area (Å²) in [4.78, 5) is 0. The Hall–Kier alpha value is -0.120. The quantitative estimate of drug-likeness (QED) is 0.303. The molecular weight excluding hydrogens is 284 g/mol. The van der Waals surface area contributed by atoms with E-state index in [4.69, 9.17) is 16.2 Å². The smallest absolute Gasteiger partial charge is 0.0466 e. The number of ether oxygens (including phenoxy) is 1. The van der Waals surface area contributed by atoms with Crippen molar-refractivity contribution in [1.82, 2.24) is 0 Å². The minimum Gasteiger partial charge on any atom is -0.381 e. The van der Waals surface area contributed by atoms with Gasteiger partial charge in [0.25, 0.3) is 0 Å². The SMILES string of the molecule is NCCCCCCCCCCOCCCCCCCCCCN. The molecule has 0 radical (unpaired) electrons. The van der Waals surface area contributed by atoms with Crippen LogP contribution in [0.2, 0.25) is 0 Å². The van der Waals surface area contributed by atoms with Crippen molar-refractivity contribution in [2.45, 2.75) is 103 Å². The second kappa shape index (κ2) is 21.9. The Morgan fingerprint density at radius 2 is 0.609 bits per heavy atom. The van der Waals surface area contributed by atoms with Gasteiger partial charge in [-0.05, 0) is 38.8 Å². The van der Waals surface area contributed by atoms with Gasteiger partial charge in [0.15, 0.2) is 0 Å². The first-order valence-electron chi connectivity index (χ1n) is 10.4. The molecule has 3 heteroatoms. The highest BCUT2D eigenvalue weighted by Crippen LogP contribution is 2.10. The van der Waals surface area contributed by atoms with Gasteiger partial charge >= 0.3 is 0 Å². The average Bonchev–Trinajstić information content (AvgIpc) is 2.57. The van der Waals surface area contributed by atoms with Crippen LogP contribution in [-0.2, 0) is 4.74 Å². The highest BCUT2D eigenvalue weighted by Gasteiger charge is 1.94. The lowest BCUT2D eigenvalue weighted by atomic mass is 10.1.